The first-order valence-corrected chi connectivity index (χ1v) is 19.2. The number of nitrogens with zero attached hydrogens (tertiary/aromatic N) is 3. The van der Waals surface area contributed by atoms with Crippen LogP contribution in [0.15, 0.2) is 205 Å². The lowest BCUT2D eigenvalue weighted by Gasteiger charge is -2.14. The molecule has 2 aromatic heterocycles. The lowest BCUT2D eigenvalue weighted by atomic mass is 9.90. The van der Waals surface area contributed by atoms with E-state index in [4.69, 9.17) is 19.4 Å². The van der Waals surface area contributed by atoms with Crippen LogP contribution in [-0.2, 0) is 0 Å². The van der Waals surface area contributed by atoms with Gasteiger partial charge in [-0.1, -0.05) is 182 Å². The average molecular weight is 728 g/mol. The van der Waals surface area contributed by atoms with Gasteiger partial charge in [0.25, 0.3) is 0 Å². The summed E-state index contributed by atoms with van der Waals surface area (Å²) < 4.78 is 6.91. The Labute approximate surface area is 329 Å². The van der Waals surface area contributed by atoms with E-state index >= 15 is 0 Å². The summed E-state index contributed by atoms with van der Waals surface area (Å²) in [7, 11) is 0. The molecule has 0 N–H and O–H groups in total. The van der Waals surface area contributed by atoms with Gasteiger partial charge >= 0.3 is 0 Å². The fourth-order valence-electron chi connectivity index (χ4n) is 8.25. The average Bonchev–Trinajstić information content (AvgIpc) is 3.67. The largest absolute Gasteiger partial charge is 0.455 e. The van der Waals surface area contributed by atoms with Crippen LogP contribution in [0.2, 0.25) is 0 Å². The summed E-state index contributed by atoms with van der Waals surface area (Å²) in [5.41, 5.74) is 11.4. The Kier molecular flexibility index (Phi) is 7.78. The quantitative estimate of drug-likeness (QED) is 0.171. The van der Waals surface area contributed by atoms with Gasteiger partial charge in [-0.2, -0.15) is 0 Å². The van der Waals surface area contributed by atoms with E-state index in [1.165, 1.54) is 16.5 Å². The van der Waals surface area contributed by atoms with Crippen molar-refractivity contribution in [2.45, 2.75) is 0 Å². The number of hydrogen-bond donors (Lipinski definition) is 0. The fraction of sp³-hybridized carbons (Fsp3) is 0. The molecule has 11 aromatic rings. The zero-order valence-corrected chi connectivity index (χ0v) is 30.8. The lowest BCUT2D eigenvalue weighted by Crippen LogP contribution is -2.00. The summed E-state index contributed by atoms with van der Waals surface area (Å²) in [6.07, 6.45) is 0. The van der Waals surface area contributed by atoms with Gasteiger partial charge in [0.05, 0.1) is 0 Å². The van der Waals surface area contributed by atoms with Crippen LogP contribution in [0.5, 0.6) is 0 Å². The molecule has 0 radical (unpaired) electrons. The molecule has 0 spiro atoms. The van der Waals surface area contributed by atoms with Gasteiger partial charge in [0.1, 0.15) is 11.2 Å². The third kappa shape index (κ3) is 5.66. The molecule has 0 aliphatic carbocycles. The SMILES string of the molecule is c1ccc(-c2ccc(-c3c4ccccc4cc4c3oc3cccc(-c5ccc(-c6nc(-c7ccccc7)nc(-c7ccccc7)n6)c6ccccc56)c34)cc2)cc1. The van der Waals surface area contributed by atoms with Crippen molar-refractivity contribution >= 4 is 43.5 Å². The maximum Gasteiger partial charge on any atom is 0.164 e. The standard InChI is InChI=1S/C53H33N3O/c1-4-15-34(16-5-1)35-27-29-36(30-28-35)48-40-22-11-10-21-39(40)33-46-49-44(25-14-26-47(49)57-50(46)48)43-31-32-45(42-24-13-12-23-41(42)43)53-55-51(37-17-6-2-7-18-37)54-52(56-53)38-19-8-3-9-20-38/h1-33H. The van der Waals surface area contributed by atoms with Crippen LogP contribution >= 0.6 is 0 Å². The Balaban J connectivity index is 1.11. The van der Waals surface area contributed by atoms with Crippen molar-refractivity contribution in [2.75, 3.05) is 0 Å². The van der Waals surface area contributed by atoms with E-state index in [-0.39, 0.29) is 0 Å². The number of benzene rings is 9. The minimum atomic E-state index is 0.631. The Morgan fingerprint density at radius 3 is 1.49 bits per heavy atom. The number of rotatable bonds is 6. The fourth-order valence-corrected chi connectivity index (χ4v) is 8.25. The minimum Gasteiger partial charge on any atom is -0.455 e. The van der Waals surface area contributed by atoms with Crippen LogP contribution < -0.4 is 0 Å². The maximum absolute atomic E-state index is 6.91. The molecule has 0 fully saturated rings. The number of hydrogen-bond acceptors (Lipinski definition) is 4. The van der Waals surface area contributed by atoms with Crippen LogP contribution in [0.1, 0.15) is 0 Å². The molecule has 0 atom stereocenters. The van der Waals surface area contributed by atoms with E-state index in [1.807, 2.05) is 60.7 Å². The number of furan rings is 1. The molecule has 0 amide bonds. The maximum atomic E-state index is 6.91. The van der Waals surface area contributed by atoms with Crippen molar-refractivity contribution in [3.8, 4) is 67.5 Å². The third-order valence-electron chi connectivity index (χ3n) is 10.9. The van der Waals surface area contributed by atoms with Gasteiger partial charge < -0.3 is 4.42 Å². The van der Waals surface area contributed by atoms with Crippen LogP contribution in [0.25, 0.3) is 111 Å². The van der Waals surface area contributed by atoms with Crippen molar-refractivity contribution in [3.63, 3.8) is 0 Å². The first kappa shape index (κ1) is 32.7. The van der Waals surface area contributed by atoms with Crippen LogP contribution in [-0.4, -0.2) is 15.0 Å². The van der Waals surface area contributed by atoms with Gasteiger partial charge in [-0.3, -0.25) is 0 Å². The summed E-state index contributed by atoms with van der Waals surface area (Å²) in [5, 5.41) is 6.69. The van der Waals surface area contributed by atoms with Gasteiger partial charge in [-0.05, 0) is 67.6 Å². The molecule has 0 aliphatic rings. The molecule has 0 saturated carbocycles. The van der Waals surface area contributed by atoms with Gasteiger partial charge in [0.15, 0.2) is 17.5 Å². The van der Waals surface area contributed by atoms with Crippen LogP contribution in [0, 0.1) is 0 Å². The molecular formula is C53H33N3O. The zero-order chi connectivity index (χ0) is 37.7. The van der Waals surface area contributed by atoms with E-state index in [9.17, 15) is 0 Å². The molecule has 0 bridgehead atoms. The molecule has 2 heterocycles. The molecule has 0 unspecified atom stereocenters. The molecule has 4 heteroatoms. The second kappa shape index (κ2) is 13.6. The summed E-state index contributed by atoms with van der Waals surface area (Å²) in [6, 6.07) is 69.8. The highest BCUT2D eigenvalue weighted by atomic mass is 16.3. The Hall–Kier alpha value is -7.69. The molecule has 0 aliphatic heterocycles. The van der Waals surface area contributed by atoms with Gasteiger partial charge in [0, 0.05) is 33.0 Å². The van der Waals surface area contributed by atoms with E-state index in [0.717, 1.165) is 77.0 Å². The van der Waals surface area contributed by atoms with Gasteiger partial charge in [-0.25, -0.2) is 15.0 Å². The second-order valence-electron chi connectivity index (χ2n) is 14.3. The Morgan fingerprint density at radius 1 is 0.316 bits per heavy atom. The molecule has 11 rings (SSSR count). The predicted octanol–water partition coefficient (Wildman–Crippen LogP) is 14.1. The second-order valence-corrected chi connectivity index (χ2v) is 14.3. The highest BCUT2D eigenvalue weighted by molar-refractivity contribution is 6.23. The topological polar surface area (TPSA) is 51.8 Å². The van der Waals surface area contributed by atoms with Gasteiger partial charge in [-0.15, -0.1) is 0 Å². The van der Waals surface area contributed by atoms with Crippen LogP contribution in [0.4, 0.5) is 0 Å². The van der Waals surface area contributed by atoms with E-state index < -0.39 is 0 Å². The van der Waals surface area contributed by atoms with E-state index in [2.05, 4.69) is 140 Å². The molecule has 9 aromatic carbocycles. The smallest absolute Gasteiger partial charge is 0.164 e. The Bertz CT molecular complexity index is 3210. The van der Waals surface area contributed by atoms with Crippen molar-refractivity contribution in [2.24, 2.45) is 0 Å². The number of fused-ring (bicyclic) bond motifs is 5. The third-order valence-corrected chi connectivity index (χ3v) is 10.9. The lowest BCUT2D eigenvalue weighted by molar-refractivity contribution is 0.670. The van der Waals surface area contributed by atoms with Crippen molar-refractivity contribution in [1.29, 1.82) is 0 Å². The molecule has 4 nitrogen and oxygen atoms in total. The van der Waals surface area contributed by atoms with Crippen molar-refractivity contribution in [1.82, 2.24) is 15.0 Å². The van der Waals surface area contributed by atoms with E-state index in [1.54, 1.807) is 0 Å². The van der Waals surface area contributed by atoms with Crippen molar-refractivity contribution < 1.29 is 4.42 Å². The zero-order valence-electron chi connectivity index (χ0n) is 30.8. The van der Waals surface area contributed by atoms with Crippen LogP contribution in [0.3, 0.4) is 0 Å². The minimum absolute atomic E-state index is 0.631. The summed E-state index contributed by atoms with van der Waals surface area (Å²) >= 11 is 0. The summed E-state index contributed by atoms with van der Waals surface area (Å²) in [6.45, 7) is 0. The normalized spacial score (nSPS) is 11.5. The molecule has 0 saturated heterocycles. The number of aromatic nitrogens is 3. The summed E-state index contributed by atoms with van der Waals surface area (Å²) in [5.74, 6) is 1.91. The molecular weight excluding hydrogens is 695 g/mol. The highest BCUT2D eigenvalue weighted by Gasteiger charge is 2.21. The first-order chi connectivity index (χ1) is 28.3. The molecule has 266 valence electrons. The molecule has 57 heavy (non-hydrogen) atoms. The van der Waals surface area contributed by atoms with E-state index in [0.29, 0.717) is 17.5 Å². The monoisotopic (exact) mass is 727 g/mol. The van der Waals surface area contributed by atoms with Crippen molar-refractivity contribution in [3.05, 3.63) is 200 Å². The first-order valence-electron chi connectivity index (χ1n) is 19.2. The predicted molar refractivity (Wildman–Crippen MR) is 235 cm³/mol. The highest BCUT2D eigenvalue weighted by Crippen LogP contribution is 2.46. The summed E-state index contributed by atoms with van der Waals surface area (Å²) in [4.78, 5) is 15.1. The van der Waals surface area contributed by atoms with Gasteiger partial charge in [0.2, 0.25) is 0 Å². The Morgan fingerprint density at radius 2 is 0.825 bits per heavy atom.